The molecule has 2 amide bonds. The third-order valence-corrected chi connectivity index (χ3v) is 3.66. The van der Waals surface area contributed by atoms with Crippen molar-refractivity contribution in [3.05, 3.63) is 0 Å². The Kier molecular flexibility index (Phi) is 5.35. The number of nitrogens with zero attached hydrogens (tertiary/aromatic N) is 1. The van der Waals surface area contributed by atoms with Crippen LogP contribution in [0.3, 0.4) is 0 Å². The second kappa shape index (κ2) is 6.58. The molecule has 5 N–H and O–H groups in total. The quantitative estimate of drug-likeness (QED) is 0.252. The van der Waals surface area contributed by atoms with Gasteiger partial charge in [-0.3, -0.25) is 9.59 Å². The van der Waals surface area contributed by atoms with Crippen LogP contribution in [-0.4, -0.2) is 34.9 Å². The molecule has 7 nitrogen and oxygen atoms in total. The first-order valence-corrected chi connectivity index (χ1v) is 6.93. The van der Waals surface area contributed by atoms with E-state index in [4.69, 9.17) is 10.9 Å². The van der Waals surface area contributed by atoms with Crippen LogP contribution in [-0.2, 0) is 9.59 Å². The van der Waals surface area contributed by atoms with Crippen molar-refractivity contribution in [2.24, 2.45) is 16.3 Å². The molecule has 0 aliphatic heterocycles. The molecule has 7 heteroatoms. The van der Waals surface area contributed by atoms with Gasteiger partial charge in [0, 0.05) is 6.04 Å². The Morgan fingerprint density at radius 1 is 1.20 bits per heavy atom. The maximum absolute atomic E-state index is 12.4. The molecule has 1 atom stereocenters. The molecular formula is C13H24N4O3. The Morgan fingerprint density at radius 2 is 1.75 bits per heavy atom. The van der Waals surface area contributed by atoms with Crippen LogP contribution >= 0.6 is 0 Å². The number of rotatable bonds is 5. The summed E-state index contributed by atoms with van der Waals surface area (Å²) in [6.07, 6.45) is 2.76. The molecule has 0 bridgehead atoms. The van der Waals surface area contributed by atoms with Crippen molar-refractivity contribution >= 4 is 17.6 Å². The maximum atomic E-state index is 12.4. The van der Waals surface area contributed by atoms with Crippen molar-refractivity contribution < 1.29 is 14.8 Å². The second-order valence-corrected chi connectivity index (χ2v) is 5.63. The highest BCUT2D eigenvalue weighted by Gasteiger charge is 2.46. The summed E-state index contributed by atoms with van der Waals surface area (Å²) in [6, 6.07) is -0.653. The molecule has 0 saturated heterocycles. The minimum atomic E-state index is -0.985. The summed E-state index contributed by atoms with van der Waals surface area (Å²) in [7, 11) is 0. The third kappa shape index (κ3) is 3.40. The van der Waals surface area contributed by atoms with Gasteiger partial charge in [0.25, 0.3) is 0 Å². The molecule has 0 aromatic carbocycles. The van der Waals surface area contributed by atoms with E-state index in [1.807, 2.05) is 13.8 Å². The number of carbonyl (C=O) groups is 2. The van der Waals surface area contributed by atoms with E-state index in [-0.39, 0.29) is 23.7 Å². The number of nitrogens with one attached hydrogen (secondary N) is 2. The van der Waals surface area contributed by atoms with E-state index >= 15 is 0 Å². The van der Waals surface area contributed by atoms with Gasteiger partial charge in [0.05, 0.1) is 0 Å². The lowest BCUT2D eigenvalue weighted by atomic mass is 9.83. The molecule has 0 radical (unpaired) electrons. The summed E-state index contributed by atoms with van der Waals surface area (Å²) in [5.74, 6) is -0.679. The van der Waals surface area contributed by atoms with Crippen molar-refractivity contribution in [2.45, 2.75) is 58.5 Å². The van der Waals surface area contributed by atoms with E-state index in [1.54, 1.807) is 6.92 Å². The van der Waals surface area contributed by atoms with E-state index in [0.717, 1.165) is 12.8 Å². The van der Waals surface area contributed by atoms with Gasteiger partial charge in [-0.15, -0.1) is 0 Å². The molecule has 0 aromatic heterocycles. The SMILES string of the molecule is CC(C)NC(=O)C(C)NC(=O)C1(C(N)=NO)CCCC1. The Labute approximate surface area is 119 Å². The van der Waals surface area contributed by atoms with Crippen LogP contribution in [0.1, 0.15) is 46.5 Å². The van der Waals surface area contributed by atoms with Crippen molar-refractivity contribution in [3.8, 4) is 0 Å². The van der Waals surface area contributed by atoms with E-state index in [2.05, 4.69) is 15.8 Å². The van der Waals surface area contributed by atoms with Gasteiger partial charge in [-0.2, -0.15) is 0 Å². The summed E-state index contributed by atoms with van der Waals surface area (Å²) in [5, 5.41) is 17.3. The van der Waals surface area contributed by atoms with Gasteiger partial charge in [-0.25, -0.2) is 0 Å². The molecule has 0 aromatic rings. The molecule has 1 aliphatic rings. The Balaban J connectivity index is 2.75. The van der Waals surface area contributed by atoms with E-state index in [9.17, 15) is 9.59 Å². The van der Waals surface area contributed by atoms with Gasteiger partial charge < -0.3 is 21.6 Å². The number of hydrogen-bond acceptors (Lipinski definition) is 4. The molecule has 1 saturated carbocycles. The zero-order valence-electron chi connectivity index (χ0n) is 12.3. The Morgan fingerprint density at radius 3 is 2.20 bits per heavy atom. The summed E-state index contributed by atoms with van der Waals surface area (Å²) in [6.45, 7) is 5.31. The van der Waals surface area contributed by atoms with Gasteiger partial charge in [0.2, 0.25) is 11.8 Å². The van der Waals surface area contributed by atoms with Crippen molar-refractivity contribution in [1.82, 2.24) is 10.6 Å². The molecule has 0 spiro atoms. The predicted molar refractivity (Wildman–Crippen MR) is 75.2 cm³/mol. The normalized spacial score (nSPS) is 19.7. The molecular weight excluding hydrogens is 260 g/mol. The number of amides is 2. The van der Waals surface area contributed by atoms with Gasteiger partial charge in [-0.1, -0.05) is 18.0 Å². The Hall–Kier alpha value is -1.79. The number of carbonyl (C=O) groups excluding carboxylic acids is 2. The van der Waals surface area contributed by atoms with Gasteiger partial charge in [-0.05, 0) is 33.6 Å². The van der Waals surface area contributed by atoms with Crippen LogP contribution in [0.25, 0.3) is 0 Å². The highest BCUT2D eigenvalue weighted by Crippen LogP contribution is 2.38. The molecule has 0 heterocycles. The van der Waals surface area contributed by atoms with Crippen molar-refractivity contribution in [1.29, 1.82) is 0 Å². The first-order valence-electron chi connectivity index (χ1n) is 6.93. The zero-order chi connectivity index (χ0) is 15.3. The molecule has 20 heavy (non-hydrogen) atoms. The molecule has 1 rings (SSSR count). The summed E-state index contributed by atoms with van der Waals surface area (Å²) in [4.78, 5) is 24.2. The smallest absolute Gasteiger partial charge is 0.242 e. The van der Waals surface area contributed by atoms with E-state index in [0.29, 0.717) is 12.8 Å². The zero-order valence-corrected chi connectivity index (χ0v) is 12.3. The van der Waals surface area contributed by atoms with Crippen LogP contribution in [0.15, 0.2) is 5.16 Å². The fourth-order valence-corrected chi connectivity index (χ4v) is 2.48. The number of nitrogens with two attached hydrogens (primary N) is 1. The van der Waals surface area contributed by atoms with Gasteiger partial charge >= 0.3 is 0 Å². The second-order valence-electron chi connectivity index (χ2n) is 5.63. The fraction of sp³-hybridized carbons (Fsp3) is 0.769. The van der Waals surface area contributed by atoms with Crippen molar-refractivity contribution in [2.75, 3.05) is 0 Å². The number of hydrogen-bond donors (Lipinski definition) is 4. The lowest BCUT2D eigenvalue weighted by molar-refractivity contribution is -0.132. The van der Waals surface area contributed by atoms with Crippen LogP contribution in [0.4, 0.5) is 0 Å². The molecule has 1 aliphatic carbocycles. The van der Waals surface area contributed by atoms with Crippen LogP contribution in [0, 0.1) is 5.41 Å². The highest BCUT2D eigenvalue weighted by molar-refractivity contribution is 6.07. The topological polar surface area (TPSA) is 117 Å². The van der Waals surface area contributed by atoms with E-state index in [1.165, 1.54) is 0 Å². The van der Waals surface area contributed by atoms with Gasteiger partial charge in [0.15, 0.2) is 5.84 Å². The molecule has 1 unspecified atom stereocenters. The van der Waals surface area contributed by atoms with Crippen LogP contribution in [0.5, 0.6) is 0 Å². The van der Waals surface area contributed by atoms with E-state index < -0.39 is 11.5 Å². The third-order valence-electron chi connectivity index (χ3n) is 3.66. The van der Waals surface area contributed by atoms with Gasteiger partial charge in [0.1, 0.15) is 11.5 Å². The highest BCUT2D eigenvalue weighted by atomic mass is 16.4. The average Bonchev–Trinajstić information content (AvgIpc) is 2.87. The lowest BCUT2D eigenvalue weighted by Crippen LogP contribution is -2.54. The molecule has 114 valence electrons. The minimum absolute atomic E-state index is 0.00589. The van der Waals surface area contributed by atoms with Crippen LogP contribution in [0.2, 0.25) is 0 Å². The maximum Gasteiger partial charge on any atom is 0.242 e. The number of oxime groups is 1. The number of amidine groups is 1. The summed E-state index contributed by atoms with van der Waals surface area (Å²) >= 11 is 0. The minimum Gasteiger partial charge on any atom is -0.409 e. The monoisotopic (exact) mass is 284 g/mol. The standard InChI is InChI=1S/C13H24N4O3/c1-8(2)15-10(18)9(3)16-12(19)13(11(14)17-20)6-4-5-7-13/h8-9,20H,4-7H2,1-3H3,(H2,14,17)(H,15,18)(H,16,19). The predicted octanol–water partition coefficient (Wildman–Crippen LogP) is 0.323. The first kappa shape index (κ1) is 16.3. The summed E-state index contributed by atoms with van der Waals surface area (Å²) in [5.41, 5.74) is 4.70. The lowest BCUT2D eigenvalue weighted by Gasteiger charge is -2.27. The Bertz CT molecular complexity index is 400. The summed E-state index contributed by atoms with van der Waals surface area (Å²) < 4.78 is 0. The van der Waals surface area contributed by atoms with Crippen molar-refractivity contribution in [3.63, 3.8) is 0 Å². The molecule has 1 fully saturated rings. The fourth-order valence-electron chi connectivity index (χ4n) is 2.48. The average molecular weight is 284 g/mol. The largest absolute Gasteiger partial charge is 0.409 e. The van der Waals surface area contributed by atoms with Crippen LogP contribution < -0.4 is 16.4 Å². The first-order chi connectivity index (χ1) is 9.33.